The van der Waals surface area contributed by atoms with E-state index in [-0.39, 0.29) is 0 Å². The van der Waals surface area contributed by atoms with Gasteiger partial charge in [0.2, 0.25) is 0 Å². The van der Waals surface area contributed by atoms with Gasteiger partial charge in [-0.1, -0.05) is 15.9 Å². The Morgan fingerprint density at radius 2 is 2.13 bits per heavy atom. The lowest BCUT2D eigenvalue weighted by molar-refractivity contribution is -0.147. The predicted octanol–water partition coefficient (Wildman–Crippen LogP) is 2.06. The van der Waals surface area contributed by atoms with Gasteiger partial charge in [0.1, 0.15) is 0 Å². The Kier molecular flexibility index (Phi) is 2.80. The van der Waals surface area contributed by atoms with Crippen molar-refractivity contribution >= 4 is 21.9 Å². The summed E-state index contributed by atoms with van der Waals surface area (Å²) in [4.78, 5) is 10.7. The van der Waals surface area contributed by atoms with Crippen molar-refractivity contribution in [2.75, 3.05) is 0 Å². The van der Waals surface area contributed by atoms with Crippen LogP contribution in [0, 0.1) is 0 Å². The smallest absolute Gasteiger partial charge is 0.337 e. The van der Waals surface area contributed by atoms with Crippen LogP contribution in [-0.2, 0) is 17.6 Å². The molecule has 0 amide bonds. The van der Waals surface area contributed by atoms with Crippen molar-refractivity contribution in [3.8, 4) is 0 Å². The Morgan fingerprint density at radius 1 is 1.40 bits per heavy atom. The predicted molar refractivity (Wildman–Crippen MR) is 58.8 cm³/mol. The van der Waals surface area contributed by atoms with Gasteiger partial charge in [-0.3, -0.25) is 0 Å². The quantitative estimate of drug-likeness (QED) is 0.865. The highest BCUT2D eigenvalue weighted by Crippen LogP contribution is 2.32. The Hall–Kier alpha value is -0.870. The molecule has 0 aromatic heterocycles. The van der Waals surface area contributed by atoms with Crippen molar-refractivity contribution in [3.05, 3.63) is 33.3 Å². The molecular weight excluding hydrogens is 260 g/mol. The van der Waals surface area contributed by atoms with E-state index in [1.54, 1.807) is 6.07 Å². The molecule has 0 radical (unpaired) electrons. The van der Waals surface area contributed by atoms with Gasteiger partial charge in [-0.25, -0.2) is 4.79 Å². The van der Waals surface area contributed by atoms with Gasteiger partial charge in [0, 0.05) is 4.47 Å². The number of halogens is 1. The van der Waals surface area contributed by atoms with Crippen LogP contribution in [0.25, 0.3) is 0 Å². The number of rotatable bonds is 2. The lowest BCUT2D eigenvalue weighted by atomic mass is 9.99. The number of carboxylic acid groups (broad SMARTS) is 1. The van der Waals surface area contributed by atoms with Crippen LogP contribution in [-0.4, -0.2) is 16.2 Å². The molecule has 0 bridgehead atoms. The van der Waals surface area contributed by atoms with E-state index in [0.29, 0.717) is 5.56 Å². The topological polar surface area (TPSA) is 57.5 Å². The number of benzene rings is 1. The molecule has 0 saturated heterocycles. The second kappa shape index (κ2) is 3.94. The van der Waals surface area contributed by atoms with Crippen LogP contribution in [0.3, 0.4) is 0 Å². The molecule has 0 saturated carbocycles. The standard InChI is InChI=1S/C11H11BrO3/c12-7-4-6-2-1-3-8(6)9(5-7)10(13)11(14)15/h4-5,10,13H,1-3H2,(H,14,15). The molecule has 1 aromatic carbocycles. The largest absolute Gasteiger partial charge is 0.479 e. The van der Waals surface area contributed by atoms with Crippen LogP contribution < -0.4 is 0 Å². The zero-order chi connectivity index (χ0) is 11.0. The van der Waals surface area contributed by atoms with Crippen molar-refractivity contribution in [2.45, 2.75) is 25.4 Å². The van der Waals surface area contributed by atoms with Crippen molar-refractivity contribution in [1.82, 2.24) is 0 Å². The monoisotopic (exact) mass is 270 g/mol. The lowest BCUT2D eigenvalue weighted by Crippen LogP contribution is -2.12. The number of carboxylic acids is 1. The number of aryl methyl sites for hydroxylation is 1. The summed E-state index contributed by atoms with van der Waals surface area (Å²) >= 11 is 3.33. The minimum absolute atomic E-state index is 0.532. The highest BCUT2D eigenvalue weighted by Gasteiger charge is 2.24. The van der Waals surface area contributed by atoms with Crippen LogP contribution in [0.5, 0.6) is 0 Å². The molecule has 0 fully saturated rings. The van der Waals surface area contributed by atoms with Gasteiger partial charge < -0.3 is 10.2 Å². The molecule has 3 nitrogen and oxygen atoms in total. The van der Waals surface area contributed by atoms with E-state index in [2.05, 4.69) is 15.9 Å². The van der Waals surface area contributed by atoms with E-state index in [0.717, 1.165) is 34.9 Å². The Labute approximate surface area is 95.9 Å². The highest BCUT2D eigenvalue weighted by atomic mass is 79.9. The second-order valence-electron chi connectivity index (χ2n) is 3.73. The number of aliphatic carboxylic acids is 1. The molecule has 1 aromatic rings. The first kappa shape index (κ1) is 10.6. The van der Waals surface area contributed by atoms with E-state index in [9.17, 15) is 9.90 Å². The summed E-state index contributed by atoms with van der Waals surface area (Å²) in [6.45, 7) is 0. The van der Waals surface area contributed by atoms with E-state index < -0.39 is 12.1 Å². The average molecular weight is 271 g/mol. The van der Waals surface area contributed by atoms with Gasteiger partial charge in [-0.05, 0) is 48.1 Å². The van der Waals surface area contributed by atoms with Gasteiger partial charge in [0.05, 0.1) is 0 Å². The summed E-state index contributed by atoms with van der Waals surface area (Å²) in [7, 11) is 0. The van der Waals surface area contributed by atoms with Gasteiger partial charge in [0.25, 0.3) is 0 Å². The molecule has 2 rings (SSSR count). The summed E-state index contributed by atoms with van der Waals surface area (Å²) in [6.07, 6.45) is 1.45. The number of aliphatic hydroxyl groups excluding tert-OH is 1. The average Bonchev–Trinajstić information content (AvgIpc) is 2.62. The van der Waals surface area contributed by atoms with Gasteiger partial charge >= 0.3 is 5.97 Å². The molecule has 0 heterocycles. The summed E-state index contributed by atoms with van der Waals surface area (Å²) in [6, 6.07) is 3.70. The van der Waals surface area contributed by atoms with Crippen molar-refractivity contribution < 1.29 is 15.0 Å². The number of aliphatic hydroxyl groups is 1. The Bertz CT molecular complexity index is 415. The maximum absolute atomic E-state index is 10.7. The minimum atomic E-state index is -1.41. The van der Waals surface area contributed by atoms with Gasteiger partial charge in [0.15, 0.2) is 6.10 Å². The SMILES string of the molecule is O=C(O)C(O)c1cc(Br)cc2c1CCC2. The lowest BCUT2D eigenvalue weighted by Gasteiger charge is -2.12. The maximum atomic E-state index is 10.7. The fourth-order valence-corrected chi connectivity index (χ4v) is 2.60. The van der Waals surface area contributed by atoms with Crippen molar-refractivity contribution in [3.63, 3.8) is 0 Å². The minimum Gasteiger partial charge on any atom is -0.479 e. The molecule has 1 aliphatic rings. The van der Waals surface area contributed by atoms with Crippen LogP contribution in [0.4, 0.5) is 0 Å². The van der Waals surface area contributed by atoms with E-state index in [4.69, 9.17) is 5.11 Å². The van der Waals surface area contributed by atoms with E-state index in [1.807, 2.05) is 6.07 Å². The number of hydrogen-bond acceptors (Lipinski definition) is 2. The maximum Gasteiger partial charge on any atom is 0.337 e. The summed E-state index contributed by atoms with van der Waals surface area (Å²) < 4.78 is 0.832. The fourth-order valence-electron chi connectivity index (χ4n) is 2.08. The molecule has 0 aliphatic heterocycles. The van der Waals surface area contributed by atoms with Crippen LogP contribution in [0.1, 0.15) is 29.2 Å². The highest BCUT2D eigenvalue weighted by molar-refractivity contribution is 9.10. The number of carbonyl (C=O) groups is 1. The van der Waals surface area contributed by atoms with E-state index in [1.165, 1.54) is 0 Å². The van der Waals surface area contributed by atoms with Gasteiger partial charge in [-0.15, -0.1) is 0 Å². The second-order valence-corrected chi connectivity index (χ2v) is 4.64. The Balaban J connectivity index is 2.51. The summed E-state index contributed by atoms with van der Waals surface area (Å²) in [5, 5.41) is 18.4. The first-order chi connectivity index (χ1) is 7.09. The first-order valence-corrected chi connectivity index (χ1v) is 5.61. The molecule has 1 atom stereocenters. The molecule has 1 unspecified atom stereocenters. The zero-order valence-electron chi connectivity index (χ0n) is 8.03. The third kappa shape index (κ3) is 1.92. The molecule has 1 aliphatic carbocycles. The molecule has 4 heteroatoms. The summed E-state index contributed by atoms with van der Waals surface area (Å²) in [5.41, 5.74) is 2.69. The molecule has 2 N–H and O–H groups in total. The first-order valence-electron chi connectivity index (χ1n) is 4.81. The molecule has 80 valence electrons. The fraction of sp³-hybridized carbons (Fsp3) is 0.364. The number of hydrogen-bond donors (Lipinski definition) is 2. The normalized spacial score (nSPS) is 16.1. The van der Waals surface area contributed by atoms with E-state index >= 15 is 0 Å². The Morgan fingerprint density at radius 3 is 2.80 bits per heavy atom. The van der Waals surface area contributed by atoms with Gasteiger partial charge in [-0.2, -0.15) is 0 Å². The van der Waals surface area contributed by atoms with Crippen molar-refractivity contribution in [2.24, 2.45) is 0 Å². The molecular formula is C11H11BrO3. The third-order valence-corrected chi connectivity index (χ3v) is 3.20. The van der Waals surface area contributed by atoms with Crippen LogP contribution in [0.2, 0.25) is 0 Å². The zero-order valence-corrected chi connectivity index (χ0v) is 9.62. The molecule has 15 heavy (non-hydrogen) atoms. The van der Waals surface area contributed by atoms with Crippen LogP contribution >= 0.6 is 15.9 Å². The summed E-state index contributed by atoms with van der Waals surface area (Å²) in [5.74, 6) is -1.19. The van der Waals surface area contributed by atoms with Crippen LogP contribution in [0.15, 0.2) is 16.6 Å². The molecule has 0 spiro atoms. The number of fused-ring (bicyclic) bond motifs is 1. The van der Waals surface area contributed by atoms with Crippen molar-refractivity contribution in [1.29, 1.82) is 0 Å². The third-order valence-electron chi connectivity index (χ3n) is 2.74.